The Morgan fingerprint density at radius 2 is 1.76 bits per heavy atom. The number of hydrogen-bond donors (Lipinski definition) is 2. The van der Waals surface area contributed by atoms with Gasteiger partial charge in [0, 0.05) is 17.2 Å². The van der Waals surface area contributed by atoms with E-state index in [0.717, 1.165) is 16.3 Å². The summed E-state index contributed by atoms with van der Waals surface area (Å²) in [5.41, 5.74) is 1.76. The number of rotatable bonds is 6. The molecule has 0 radical (unpaired) electrons. The van der Waals surface area contributed by atoms with E-state index < -0.39 is 0 Å². The van der Waals surface area contributed by atoms with Crippen molar-refractivity contribution in [2.75, 3.05) is 10.6 Å². The number of amides is 2. The number of aromatic nitrogens is 2. The molecule has 8 heteroatoms. The summed E-state index contributed by atoms with van der Waals surface area (Å²) in [6.07, 6.45) is 0. The third-order valence-corrected chi connectivity index (χ3v) is 5.16. The average Bonchev–Trinajstić information content (AvgIpc) is 3.04. The zero-order valence-corrected chi connectivity index (χ0v) is 14.7. The highest BCUT2D eigenvalue weighted by molar-refractivity contribution is 7.97. The molecule has 1 heterocycles. The minimum absolute atomic E-state index is 0.234. The Morgan fingerprint density at radius 3 is 2.52 bits per heavy atom. The standard InChI is InChI=1S/C17H15FN4OS2/c18-13-8-6-12(7-9-13)10-24-11-15-21-22-17(25-15)20-16(23)19-14-4-2-1-3-5-14/h1-9H,10-11H2,(H2,19,20,22,23). The van der Waals surface area contributed by atoms with Crippen molar-refractivity contribution in [3.63, 3.8) is 0 Å². The van der Waals surface area contributed by atoms with Gasteiger partial charge in [-0.25, -0.2) is 9.18 Å². The van der Waals surface area contributed by atoms with Crippen molar-refractivity contribution in [2.45, 2.75) is 11.5 Å². The normalized spacial score (nSPS) is 10.4. The van der Waals surface area contributed by atoms with Crippen LogP contribution in [0.4, 0.5) is 20.0 Å². The van der Waals surface area contributed by atoms with Crippen LogP contribution in [-0.2, 0) is 11.5 Å². The third-order valence-electron chi connectivity index (χ3n) is 3.13. The van der Waals surface area contributed by atoms with Gasteiger partial charge in [0.15, 0.2) is 0 Å². The van der Waals surface area contributed by atoms with Crippen LogP contribution in [0.5, 0.6) is 0 Å². The van der Waals surface area contributed by atoms with E-state index in [1.54, 1.807) is 36.0 Å². The van der Waals surface area contributed by atoms with Gasteiger partial charge in [-0.3, -0.25) is 5.32 Å². The highest BCUT2D eigenvalue weighted by Crippen LogP contribution is 2.23. The number of anilines is 2. The Labute approximate surface area is 152 Å². The lowest BCUT2D eigenvalue weighted by Crippen LogP contribution is -2.19. The monoisotopic (exact) mass is 374 g/mol. The number of benzene rings is 2. The SMILES string of the molecule is O=C(Nc1ccccc1)Nc1nnc(CSCc2ccc(F)cc2)s1. The van der Waals surface area contributed by atoms with Crippen LogP contribution in [0.25, 0.3) is 0 Å². The predicted molar refractivity (Wildman–Crippen MR) is 100 cm³/mol. The number of carbonyl (C=O) groups is 1. The van der Waals surface area contributed by atoms with E-state index in [0.29, 0.717) is 16.6 Å². The number of para-hydroxylation sites is 1. The summed E-state index contributed by atoms with van der Waals surface area (Å²) in [6, 6.07) is 15.3. The largest absolute Gasteiger partial charge is 0.325 e. The lowest BCUT2D eigenvalue weighted by molar-refractivity contribution is 0.262. The molecule has 0 fully saturated rings. The molecule has 2 aromatic carbocycles. The molecule has 1 aromatic heterocycles. The topological polar surface area (TPSA) is 66.9 Å². The first kappa shape index (κ1) is 17.4. The summed E-state index contributed by atoms with van der Waals surface area (Å²) in [7, 11) is 0. The van der Waals surface area contributed by atoms with Crippen molar-refractivity contribution in [1.82, 2.24) is 10.2 Å². The van der Waals surface area contributed by atoms with Crippen LogP contribution >= 0.6 is 23.1 Å². The van der Waals surface area contributed by atoms with Gasteiger partial charge in [0.1, 0.15) is 10.8 Å². The Morgan fingerprint density at radius 1 is 1.00 bits per heavy atom. The molecule has 0 unspecified atom stereocenters. The zero-order valence-electron chi connectivity index (χ0n) is 13.1. The lowest BCUT2D eigenvalue weighted by Gasteiger charge is -2.04. The molecule has 0 aliphatic carbocycles. The molecule has 3 aromatic rings. The van der Waals surface area contributed by atoms with Gasteiger partial charge in [0.2, 0.25) is 5.13 Å². The van der Waals surface area contributed by atoms with Crippen molar-refractivity contribution in [1.29, 1.82) is 0 Å². The number of nitrogens with one attached hydrogen (secondary N) is 2. The smallest absolute Gasteiger partial charge is 0.308 e. The van der Waals surface area contributed by atoms with E-state index in [1.165, 1.54) is 23.5 Å². The summed E-state index contributed by atoms with van der Waals surface area (Å²) >= 11 is 2.99. The van der Waals surface area contributed by atoms with E-state index in [4.69, 9.17) is 0 Å². The first-order chi connectivity index (χ1) is 12.2. The predicted octanol–water partition coefficient (Wildman–Crippen LogP) is 4.75. The van der Waals surface area contributed by atoms with Gasteiger partial charge in [-0.2, -0.15) is 0 Å². The highest BCUT2D eigenvalue weighted by atomic mass is 32.2. The maximum absolute atomic E-state index is 12.9. The number of nitrogens with zero attached hydrogens (tertiary/aromatic N) is 2. The van der Waals surface area contributed by atoms with E-state index in [1.807, 2.05) is 18.2 Å². The molecule has 0 spiro atoms. The first-order valence-corrected chi connectivity index (χ1v) is 9.44. The number of halogens is 1. The minimum atomic E-state index is -0.354. The Hall–Kier alpha value is -2.45. The summed E-state index contributed by atoms with van der Waals surface area (Å²) in [5.74, 6) is 1.20. The summed E-state index contributed by atoms with van der Waals surface area (Å²) in [5, 5.41) is 14.7. The van der Waals surface area contributed by atoms with Crippen molar-refractivity contribution in [3.05, 3.63) is 71.0 Å². The maximum atomic E-state index is 12.9. The summed E-state index contributed by atoms with van der Waals surface area (Å²) in [4.78, 5) is 11.9. The Bertz CT molecular complexity index is 824. The average molecular weight is 374 g/mol. The summed E-state index contributed by atoms with van der Waals surface area (Å²) in [6.45, 7) is 0. The number of thioether (sulfide) groups is 1. The van der Waals surface area contributed by atoms with Gasteiger partial charge >= 0.3 is 6.03 Å². The Kier molecular flexibility index (Phi) is 5.97. The number of carbonyl (C=O) groups excluding carboxylic acids is 1. The van der Waals surface area contributed by atoms with Gasteiger partial charge in [0.05, 0.1) is 0 Å². The molecule has 0 aliphatic heterocycles. The molecule has 5 nitrogen and oxygen atoms in total. The summed E-state index contributed by atoms with van der Waals surface area (Å²) < 4.78 is 12.9. The second-order valence-electron chi connectivity index (χ2n) is 5.07. The van der Waals surface area contributed by atoms with Crippen LogP contribution in [-0.4, -0.2) is 16.2 Å². The molecular weight excluding hydrogens is 359 g/mol. The fourth-order valence-electron chi connectivity index (χ4n) is 1.98. The van der Waals surface area contributed by atoms with Crippen molar-refractivity contribution >= 4 is 39.9 Å². The van der Waals surface area contributed by atoms with E-state index in [2.05, 4.69) is 20.8 Å². The van der Waals surface area contributed by atoms with Gasteiger partial charge in [-0.05, 0) is 29.8 Å². The van der Waals surface area contributed by atoms with Crippen LogP contribution in [0.15, 0.2) is 54.6 Å². The second-order valence-corrected chi connectivity index (χ2v) is 7.11. The fraction of sp³-hybridized carbons (Fsp3) is 0.118. The van der Waals surface area contributed by atoms with Crippen LogP contribution in [0.2, 0.25) is 0 Å². The molecule has 2 N–H and O–H groups in total. The molecule has 25 heavy (non-hydrogen) atoms. The second kappa shape index (κ2) is 8.59. The van der Waals surface area contributed by atoms with E-state index in [9.17, 15) is 9.18 Å². The van der Waals surface area contributed by atoms with Gasteiger partial charge in [0.25, 0.3) is 0 Å². The maximum Gasteiger partial charge on any atom is 0.325 e. The minimum Gasteiger partial charge on any atom is -0.308 e. The van der Waals surface area contributed by atoms with Crippen molar-refractivity contribution in [3.8, 4) is 0 Å². The molecule has 0 bridgehead atoms. The molecule has 0 aliphatic rings. The molecule has 0 saturated carbocycles. The lowest BCUT2D eigenvalue weighted by atomic mass is 10.2. The molecule has 0 saturated heterocycles. The third kappa shape index (κ3) is 5.54. The van der Waals surface area contributed by atoms with Crippen LogP contribution in [0.3, 0.4) is 0 Å². The zero-order chi connectivity index (χ0) is 17.5. The fourth-order valence-corrected chi connectivity index (χ4v) is 3.76. The van der Waals surface area contributed by atoms with Gasteiger partial charge < -0.3 is 5.32 Å². The molecular formula is C17H15FN4OS2. The molecule has 3 rings (SSSR count). The van der Waals surface area contributed by atoms with Crippen molar-refractivity contribution in [2.24, 2.45) is 0 Å². The molecule has 0 atom stereocenters. The van der Waals surface area contributed by atoms with Crippen LogP contribution < -0.4 is 10.6 Å². The Balaban J connectivity index is 1.45. The van der Waals surface area contributed by atoms with Crippen LogP contribution in [0, 0.1) is 5.82 Å². The van der Waals surface area contributed by atoms with E-state index >= 15 is 0 Å². The van der Waals surface area contributed by atoms with Crippen molar-refractivity contribution < 1.29 is 9.18 Å². The van der Waals surface area contributed by atoms with Gasteiger partial charge in [-0.1, -0.05) is 41.7 Å². The number of hydrogen-bond acceptors (Lipinski definition) is 5. The van der Waals surface area contributed by atoms with Crippen LogP contribution in [0.1, 0.15) is 10.6 Å². The molecule has 2 amide bonds. The number of urea groups is 1. The first-order valence-electron chi connectivity index (χ1n) is 7.47. The molecule has 128 valence electrons. The quantitative estimate of drug-likeness (QED) is 0.653. The van der Waals surface area contributed by atoms with Gasteiger partial charge in [-0.15, -0.1) is 22.0 Å². The highest BCUT2D eigenvalue weighted by Gasteiger charge is 2.08. The van der Waals surface area contributed by atoms with E-state index in [-0.39, 0.29) is 11.8 Å².